The summed E-state index contributed by atoms with van der Waals surface area (Å²) in [4.78, 5) is 1.19. The van der Waals surface area contributed by atoms with Crippen molar-refractivity contribution in [1.82, 2.24) is 0 Å². The Labute approximate surface area is 124 Å². The first kappa shape index (κ1) is 16.3. The topological polar surface area (TPSA) is 0 Å². The van der Waals surface area contributed by atoms with Crippen molar-refractivity contribution >= 4 is 32.1 Å². The zero-order valence-corrected chi connectivity index (χ0v) is 13.6. The molecule has 0 heterocycles. The van der Waals surface area contributed by atoms with Crippen LogP contribution in [-0.4, -0.2) is 18.0 Å². The van der Waals surface area contributed by atoms with E-state index in [4.69, 9.17) is 0 Å². The standard InChI is InChI=1S/C19H24S/c1-8-9-10-19(20(5,6)7)16(4)18-13-11-17(12-14-18)15(2)3/h8-14H,1-2,5-6H2,3-4,7H3/b10-9-,19-16-. The molecule has 1 heteroatoms. The van der Waals surface area contributed by atoms with Crippen LogP contribution in [0.2, 0.25) is 0 Å². The van der Waals surface area contributed by atoms with Gasteiger partial charge >= 0.3 is 0 Å². The van der Waals surface area contributed by atoms with Crippen molar-refractivity contribution in [2.45, 2.75) is 13.8 Å². The van der Waals surface area contributed by atoms with Crippen molar-refractivity contribution in [3.05, 3.63) is 71.7 Å². The van der Waals surface area contributed by atoms with Gasteiger partial charge in [0.1, 0.15) is 0 Å². The first-order valence-corrected chi connectivity index (χ1v) is 8.86. The molecule has 0 bridgehead atoms. The minimum Gasteiger partial charge on any atom is -0.190 e. The summed E-state index contributed by atoms with van der Waals surface area (Å²) in [6, 6.07) is 8.47. The molecular weight excluding hydrogens is 260 g/mol. The number of benzene rings is 1. The highest BCUT2D eigenvalue weighted by atomic mass is 32.2. The molecular formula is C19H24S. The van der Waals surface area contributed by atoms with Crippen LogP contribution >= 0.6 is 9.21 Å². The van der Waals surface area contributed by atoms with E-state index in [0.717, 1.165) is 5.57 Å². The fourth-order valence-electron chi connectivity index (χ4n) is 1.96. The van der Waals surface area contributed by atoms with E-state index in [1.807, 2.05) is 13.0 Å². The summed E-state index contributed by atoms with van der Waals surface area (Å²) in [5.41, 5.74) is 4.67. The van der Waals surface area contributed by atoms with Gasteiger partial charge in [-0.2, -0.15) is 9.21 Å². The highest BCUT2D eigenvalue weighted by molar-refractivity contribution is 8.30. The Hall–Kier alpha value is -1.73. The average molecular weight is 284 g/mol. The minimum absolute atomic E-state index is 1.08. The second kappa shape index (κ2) is 6.62. The van der Waals surface area contributed by atoms with Crippen LogP contribution in [0.5, 0.6) is 0 Å². The first-order chi connectivity index (χ1) is 9.27. The Morgan fingerprint density at radius 3 is 1.95 bits per heavy atom. The summed E-state index contributed by atoms with van der Waals surface area (Å²) in [7, 11) is -1.28. The summed E-state index contributed by atoms with van der Waals surface area (Å²) < 4.78 is 0. The largest absolute Gasteiger partial charge is 0.190 e. The zero-order chi connectivity index (χ0) is 15.3. The molecule has 0 aliphatic carbocycles. The van der Waals surface area contributed by atoms with Crippen molar-refractivity contribution in [2.75, 3.05) is 6.26 Å². The van der Waals surface area contributed by atoms with Crippen molar-refractivity contribution in [1.29, 1.82) is 0 Å². The molecule has 0 nitrogen and oxygen atoms in total. The van der Waals surface area contributed by atoms with Gasteiger partial charge in [-0.15, -0.1) is 0 Å². The second-order valence-electron chi connectivity index (χ2n) is 5.22. The second-order valence-corrected chi connectivity index (χ2v) is 8.20. The number of allylic oxidation sites excluding steroid dienone is 5. The van der Waals surface area contributed by atoms with E-state index in [9.17, 15) is 0 Å². The molecule has 0 saturated heterocycles. The smallest absolute Gasteiger partial charge is 0.000631 e. The van der Waals surface area contributed by atoms with Gasteiger partial charge in [0.2, 0.25) is 0 Å². The van der Waals surface area contributed by atoms with Gasteiger partial charge in [0.05, 0.1) is 0 Å². The highest BCUT2D eigenvalue weighted by Gasteiger charge is 2.05. The van der Waals surface area contributed by atoms with Gasteiger partial charge in [-0.05, 0) is 47.8 Å². The molecule has 0 radical (unpaired) electrons. The third-order valence-corrected chi connectivity index (χ3v) is 4.60. The normalized spacial score (nSPS) is 13.2. The molecule has 0 aliphatic rings. The highest BCUT2D eigenvalue weighted by Crippen LogP contribution is 2.35. The molecule has 0 N–H and O–H groups in total. The Bertz CT molecular complexity index is 663. The maximum absolute atomic E-state index is 4.23. The van der Waals surface area contributed by atoms with Crippen LogP contribution in [-0.2, 0) is 0 Å². The van der Waals surface area contributed by atoms with Crippen LogP contribution in [0.25, 0.3) is 11.1 Å². The lowest BCUT2D eigenvalue weighted by atomic mass is 10.0. The lowest BCUT2D eigenvalue weighted by Crippen LogP contribution is -1.88. The van der Waals surface area contributed by atoms with Gasteiger partial charge in [-0.3, -0.25) is 0 Å². The predicted molar refractivity (Wildman–Crippen MR) is 101 cm³/mol. The van der Waals surface area contributed by atoms with Gasteiger partial charge in [-0.25, -0.2) is 0 Å². The van der Waals surface area contributed by atoms with Crippen LogP contribution < -0.4 is 0 Å². The summed E-state index contributed by atoms with van der Waals surface area (Å²) in [5, 5.41) is 0. The van der Waals surface area contributed by atoms with E-state index in [-0.39, 0.29) is 0 Å². The molecule has 0 saturated carbocycles. The Kier molecular flexibility index (Phi) is 5.41. The lowest BCUT2D eigenvalue weighted by molar-refractivity contribution is 1.51. The van der Waals surface area contributed by atoms with E-state index in [0.29, 0.717) is 0 Å². The van der Waals surface area contributed by atoms with Crippen molar-refractivity contribution in [3.63, 3.8) is 0 Å². The summed E-state index contributed by atoms with van der Waals surface area (Å²) in [6.07, 6.45) is 7.90. The third kappa shape index (κ3) is 4.14. The van der Waals surface area contributed by atoms with Gasteiger partial charge in [0.15, 0.2) is 0 Å². The van der Waals surface area contributed by atoms with E-state index < -0.39 is 9.21 Å². The minimum atomic E-state index is -1.28. The van der Waals surface area contributed by atoms with Crippen LogP contribution in [0.15, 0.2) is 60.6 Å². The molecule has 0 fully saturated rings. The third-order valence-electron chi connectivity index (χ3n) is 3.09. The molecule has 1 rings (SSSR count). The Morgan fingerprint density at radius 1 is 1.05 bits per heavy atom. The molecule has 0 aromatic heterocycles. The van der Waals surface area contributed by atoms with Crippen molar-refractivity contribution in [3.8, 4) is 0 Å². The fourth-order valence-corrected chi connectivity index (χ4v) is 3.23. The summed E-state index contributed by atoms with van der Waals surface area (Å²) >= 11 is 0. The van der Waals surface area contributed by atoms with Crippen LogP contribution in [0.1, 0.15) is 25.0 Å². The number of hydrogen-bond donors (Lipinski definition) is 0. The van der Waals surface area contributed by atoms with Crippen molar-refractivity contribution < 1.29 is 0 Å². The predicted octanol–water partition coefficient (Wildman–Crippen LogP) is 5.49. The molecule has 0 spiro atoms. The Balaban J connectivity index is 3.38. The fraction of sp³-hybridized carbons (Fsp3) is 0.158. The monoisotopic (exact) mass is 284 g/mol. The van der Waals surface area contributed by atoms with Gasteiger partial charge in [-0.1, -0.05) is 66.9 Å². The number of rotatable bonds is 5. The van der Waals surface area contributed by atoms with Crippen LogP contribution in [0.3, 0.4) is 0 Å². The molecule has 1 aromatic rings. The van der Waals surface area contributed by atoms with E-state index in [1.165, 1.54) is 21.6 Å². The quantitative estimate of drug-likeness (QED) is 0.495. The van der Waals surface area contributed by atoms with Gasteiger partial charge in [0.25, 0.3) is 0 Å². The van der Waals surface area contributed by atoms with E-state index in [2.05, 4.69) is 68.4 Å². The average Bonchev–Trinajstić information content (AvgIpc) is 2.37. The van der Waals surface area contributed by atoms with Gasteiger partial charge < -0.3 is 0 Å². The van der Waals surface area contributed by atoms with E-state index >= 15 is 0 Å². The Morgan fingerprint density at radius 2 is 1.55 bits per heavy atom. The molecule has 0 atom stereocenters. The summed E-state index contributed by atoms with van der Waals surface area (Å²) in [6.45, 7) is 11.8. The van der Waals surface area contributed by atoms with Crippen LogP contribution in [0.4, 0.5) is 0 Å². The molecule has 0 unspecified atom stereocenters. The number of hydrogen-bond acceptors (Lipinski definition) is 0. The molecule has 1 aromatic carbocycles. The maximum atomic E-state index is 4.23. The summed E-state index contributed by atoms with van der Waals surface area (Å²) in [5.74, 6) is 8.46. The van der Waals surface area contributed by atoms with Gasteiger partial charge in [0, 0.05) is 0 Å². The maximum Gasteiger partial charge on any atom is -0.000631 e. The molecule has 0 amide bonds. The van der Waals surface area contributed by atoms with Crippen LogP contribution in [0, 0.1) is 0 Å². The molecule has 106 valence electrons. The zero-order valence-electron chi connectivity index (χ0n) is 12.8. The molecule has 20 heavy (non-hydrogen) atoms. The lowest BCUT2D eigenvalue weighted by Gasteiger charge is -2.15. The van der Waals surface area contributed by atoms with Crippen molar-refractivity contribution in [2.24, 2.45) is 0 Å². The SMILES string of the molecule is C=C/C=C\C(=C(/C)c1ccc(C(=C)C)cc1)S(=C)(=C)C. The van der Waals surface area contributed by atoms with E-state index in [1.54, 1.807) is 6.08 Å². The first-order valence-electron chi connectivity index (χ1n) is 6.48. The molecule has 0 aliphatic heterocycles.